The SMILES string of the molecule is CCC(CC)CN(CC)CCCCCCCCCS. The van der Waals surface area contributed by atoms with Gasteiger partial charge >= 0.3 is 0 Å². The van der Waals surface area contributed by atoms with E-state index >= 15 is 0 Å². The zero-order chi connectivity index (χ0) is 14.3. The lowest BCUT2D eigenvalue weighted by Gasteiger charge is -2.25. The molecular formula is C17H37NS. The Morgan fingerprint density at radius 1 is 0.789 bits per heavy atom. The number of hydrogen-bond donors (Lipinski definition) is 1. The first-order valence-electron chi connectivity index (χ1n) is 8.61. The summed E-state index contributed by atoms with van der Waals surface area (Å²) >= 11 is 4.25. The molecule has 0 fully saturated rings. The smallest absolute Gasteiger partial charge is 0.000934 e. The molecule has 0 spiro atoms. The maximum Gasteiger partial charge on any atom is 0.000934 e. The highest BCUT2D eigenvalue weighted by Gasteiger charge is 2.09. The van der Waals surface area contributed by atoms with E-state index in [4.69, 9.17) is 0 Å². The van der Waals surface area contributed by atoms with E-state index in [2.05, 4.69) is 38.3 Å². The van der Waals surface area contributed by atoms with Gasteiger partial charge in [0.2, 0.25) is 0 Å². The van der Waals surface area contributed by atoms with Crippen LogP contribution in [0.4, 0.5) is 0 Å². The summed E-state index contributed by atoms with van der Waals surface area (Å²) in [4.78, 5) is 2.65. The molecule has 0 radical (unpaired) electrons. The molecule has 0 saturated carbocycles. The highest BCUT2D eigenvalue weighted by atomic mass is 32.1. The van der Waals surface area contributed by atoms with Crippen LogP contribution in [0.3, 0.4) is 0 Å². The van der Waals surface area contributed by atoms with E-state index in [-0.39, 0.29) is 0 Å². The van der Waals surface area contributed by atoms with Crippen molar-refractivity contribution in [3.63, 3.8) is 0 Å². The fraction of sp³-hybridized carbons (Fsp3) is 1.00. The number of hydrogen-bond acceptors (Lipinski definition) is 2. The molecule has 116 valence electrons. The van der Waals surface area contributed by atoms with Crippen LogP contribution in [0.5, 0.6) is 0 Å². The Morgan fingerprint density at radius 3 is 1.79 bits per heavy atom. The highest BCUT2D eigenvalue weighted by Crippen LogP contribution is 2.12. The van der Waals surface area contributed by atoms with Gasteiger partial charge in [0.1, 0.15) is 0 Å². The molecular weight excluding hydrogens is 250 g/mol. The molecule has 0 rings (SSSR count). The van der Waals surface area contributed by atoms with Crippen molar-refractivity contribution in [1.82, 2.24) is 4.90 Å². The summed E-state index contributed by atoms with van der Waals surface area (Å²) in [5.41, 5.74) is 0. The van der Waals surface area contributed by atoms with Gasteiger partial charge in [0.25, 0.3) is 0 Å². The second kappa shape index (κ2) is 14.7. The predicted octanol–water partition coefficient (Wildman–Crippen LogP) is 5.41. The number of thiol groups is 1. The molecule has 0 atom stereocenters. The van der Waals surface area contributed by atoms with Gasteiger partial charge in [-0.05, 0) is 37.6 Å². The lowest BCUT2D eigenvalue weighted by Crippen LogP contribution is -2.30. The Kier molecular flexibility index (Phi) is 15.0. The van der Waals surface area contributed by atoms with E-state index in [1.165, 1.54) is 77.4 Å². The summed E-state index contributed by atoms with van der Waals surface area (Å²) in [5, 5.41) is 0. The lowest BCUT2D eigenvalue weighted by atomic mass is 10.0. The maximum atomic E-state index is 4.25. The molecule has 0 aliphatic carbocycles. The van der Waals surface area contributed by atoms with Crippen molar-refractivity contribution in [3.8, 4) is 0 Å². The third-order valence-corrected chi connectivity index (χ3v) is 4.57. The van der Waals surface area contributed by atoms with Gasteiger partial charge in [-0.3, -0.25) is 0 Å². The zero-order valence-corrected chi connectivity index (χ0v) is 14.6. The molecule has 0 amide bonds. The van der Waals surface area contributed by atoms with Crippen molar-refractivity contribution in [2.75, 3.05) is 25.4 Å². The summed E-state index contributed by atoms with van der Waals surface area (Å²) < 4.78 is 0. The molecule has 0 bridgehead atoms. The van der Waals surface area contributed by atoms with E-state index in [1.807, 2.05) is 0 Å². The normalized spacial score (nSPS) is 11.7. The molecule has 0 saturated heterocycles. The van der Waals surface area contributed by atoms with Crippen molar-refractivity contribution in [2.24, 2.45) is 5.92 Å². The molecule has 0 aromatic heterocycles. The van der Waals surface area contributed by atoms with Crippen LogP contribution in [-0.2, 0) is 0 Å². The summed E-state index contributed by atoms with van der Waals surface area (Å²) in [6.45, 7) is 10.8. The van der Waals surface area contributed by atoms with Crippen LogP contribution in [0.1, 0.15) is 78.6 Å². The fourth-order valence-corrected chi connectivity index (χ4v) is 2.85. The number of rotatable bonds is 14. The molecule has 0 aliphatic rings. The molecule has 0 aliphatic heterocycles. The quantitative estimate of drug-likeness (QED) is 0.330. The molecule has 1 nitrogen and oxygen atoms in total. The van der Waals surface area contributed by atoms with Gasteiger partial charge in [-0.1, -0.05) is 65.7 Å². The van der Waals surface area contributed by atoms with Gasteiger partial charge in [0.15, 0.2) is 0 Å². The van der Waals surface area contributed by atoms with Gasteiger partial charge in [0.05, 0.1) is 0 Å². The lowest BCUT2D eigenvalue weighted by molar-refractivity contribution is 0.229. The van der Waals surface area contributed by atoms with Crippen LogP contribution in [0.25, 0.3) is 0 Å². The molecule has 19 heavy (non-hydrogen) atoms. The Balaban J connectivity index is 3.45. The average Bonchev–Trinajstić information content (AvgIpc) is 2.45. The standard InChI is InChI=1S/C17H37NS/c1-4-17(5-2)16-18(6-3)14-12-10-8-7-9-11-13-15-19/h17,19H,4-16H2,1-3H3. The maximum absolute atomic E-state index is 4.25. The number of nitrogens with zero attached hydrogens (tertiary/aromatic N) is 1. The molecule has 0 unspecified atom stereocenters. The molecule has 0 aromatic carbocycles. The predicted molar refractivity (Wildman–Crippen MR) is 92.4 cm³/mol. The fourth-order valence-electron chi connectivity index (χ4n) is 2.62. The van der Waals surface area contributed by atoms with Crippen LogP contribution >= 0.6 is 12.6 Å². The second-order valence-electron chi connectivity index (χ2n) is 5.77. The first-order valence-corrected chi connectivity index (χ1v) is 9.24. The number of unbranched alkanes of at least 4 members (excludes halogenated alkanes) is 6. The van der Waals surface area contributed by atoms with Crippen LogP contribution in [0, 0.1) is 5.92 Å². The minimum Gasteiger partial charge on any atom is -0.303 e. The van der Waals surface area contributed by atoms with Gasteiger partial charge in [-0.2, -0.15) is 12.6 Å². The Labute approximate surface area is 127 Å². The van der Waals surface area contributed by atoms with Crippen molar-refractivity contribution >= 4 is 12.6 Å². The summed E-state index contributed by atoms with van der Waals surface area (Å²) in [7, 11) is 0. The Morgan fingerprint density at radius 2 is 1.32 bits per heavy atom. The van der Waals surface area contributed by atoms with Crippen LogP contribution < -0.4 is 0 Å². The zero-order valence-electron chi connectivity index (χ0n) is 13.7. The molecule has 0 aromatic rings. The Bertz CT molecular complexity index is 169. The average molecular weight is 288 g/mol. The van der Waals surface area contributed by atoms with Crippen molar-refractivity contribution in [1.29, 1.82) is 0 Å². The summed E-state index contributed by atoms with van der Waals surface area (Å²) in [6.07, 6.45) is 12.4. The van der Waals surface area contributed by atoms with Crippen LogP contribution in [0.15, 0.2) is 0 Å². The van der Waals surface area contributed by atoms with Gasteiger partial charge in [-0.15, -0.1) is 0 Å². The largest absolute Gasteiger partial charge is 0.303 e. The van der Waals surface area contributed by atoms with E-state index in [1.54, 1.807) is 0 Å². The monoisotopic (exact) mass is 287 g/mol. The topological polar surface area (TPSA) is 3.24 Å². The highest BCUT2D eigenvalue weighted by molar-refractivity contribution is 7.80. The van der Waals surface area contributed by atoms with E-state index in [9.17, 15) is 0 Å². The van der Waals surface area contributed by atoms with E-state index in [0.717, 1.165) is 11.7 Å². The summed E-state index contributed by atoms with van der Waals surface area (Å²) in [6, 6.07) is 0. The molecule has 0 heterocycles. The van der Waals surface area contributed by atoms with E-state index in [0.29, 0.717) is 0 Å². The third-order valence-electron chi connectivity index (χ3n) is 4.25. The van der Waals surface area contributed by atoms with E-state index < -0.39 is 0 Å². The van der Waals surface area contributed by atoms with Gasteiger partial charge < -0.3 is 4.90 Å². The summed E-state index contributed by atoms with van der Waals surface area (Å²) in [5.74, 6) is 1.96. The molecule has 0 N–H and O–H groups in total. The molecule has 2 heteroatoms. The van der Waals surface area contributed by atoms with Crippen LogP contribution in [0.2, 0.25) is 0 Å². The van der Waals surface area contributed by atoms with Gasteiger partial charge in [0, 0.05) is 6.54 Å². The first-order chi connectivity index (χ1) is 9.28. The van der Waals surface area contributed by atoms with Crippen molar-refractivity contribution in [3.05, 3.63) is 0 Å². The van der Waals surface area contributed by atoms with Crippen LogP contribution in [-0.4, -0.2) is 30.3 Å². The second-order valence-corrected chi connectivity index (χ2v) is 6.22. The van der Waals surface area contributed by atoms with Crippen molar-refractivity contribution in [2.45, 2.75) is 78.6 Å². The minimum absolute atomic E-state index is 0.904. The third kappa shape index (κ3) is 11.8. The first kappa shape index (κ1) is 19.3. The van der Waals surface area contributed by atoms with Gasteiger partial charge in [-0.25, -0.2) is 0 Å². The minimum atomic E-state index is 0.904. The Hall–Kier alpha value is 0.310. The van der Waals surface area contributed by atoms with Crippen molar-refractivity contribution < 1.29 is 0 Å².